The lowest BCUT2D eigenvalue weighted by molar-refractivity contribution is 0.102. The summed E-state index contributed by atoms with van der Waals surface area (Å²) in [5, 5.41) is 11.1. The van der Waals surface area contributed by atoms with Crippen LogP contribution in [0.3, 0.4) is 0 Å². The molecule has 1 aliphatic heterocycles. The molecule has 2 aromatic heterocycles. The lowest BCUT2D eigenvalue weighted by Gasteiger charge is -2.22. The number of hydrogen-bond donors (Lipinski definition) is 2. The van der Waals surface area contributed by atoms with Crippen LogP contribution >= 0.6 is 22.7 Å². The monoisotopic (exact) mass is 398 g/mol. The molecule has 1 aromatic carbocycles. The molecule has 0 bridgehead atoms. The minimum Gasteiger partial charge on any atom is -0.370 e. The molecule has 1 atom stereocenters. The number of aromatic nitrogens is 1. The number of benzene rings is 1. The molecule has 5 nitrogen and oxygen atoms in total. The van der Waals surface area contributed by atoms with Crippen molar-refractivity contribution < 1.29 is 4.79 Å². The first-order valence-electron chi connectivity index (χ1n) is 9.04. The standard InChI is InChI=1S/C20H22N4OS2/c1-21-11-14-8-9-24(12-14)17-6-3-2-5-15(17)22-19(25)16-13-27-20(23-16)18-7-4-10-26-18/h2-7,10,13-14,21H,8-9,11-12H2,1H3,(H,22,25). The summed E-state index contributed by atoms with van der Waals surface area (Å²) in [6, 6.07) is 12.0. The van der Waals surface area contributed by atoms with Gasteiger partial charge in [0.05, 0.1) is 16.3 Å². The lowest BCUT2D eigenvalue weighted by Crippen LogP contribution is -2.25. The van der Waals surface area contributed by atoms with E-state index in [2.05, 4.69) is 26.6 Å². The zero-order chi connectivity index (χ0) is 18.6. The second kappa shape index (κ2) is 8.21. The third-order valence-electron chi connectivity index (χ3n) is 4.74. The Morgan fingerprint density at radius 2 is 2.15 bits per heavy atom. The van der Waals surface area contributed by atoms with Crippen molar-refractivity contribution in [3.8, 4) is 9.88 Å². The molecule has 0 aliphatic carbocycles. The molecular formula is C20H22N4OS2. The SMILES string of the molecule is CNCC1CCN(c2ccccc2NC(=O)c2csc(-c3cccs3)n2)C1. The molecule has 1 fully saturated rings. The Bertz CT molecular complexity index is 906. The Hall–Kier alpha value is -2.22. The quantitative estimate of drug-likeness (QED) is 0.654. The number of anilines is 2. The molecule has 2 N–H and O–H groups in total. The van der Waals surface area contributed by atoms with E-state index in [9.17, 15) is 4.79 Å². The van der Waals surface area contributed by atoms with E-state index in [0.29, 0.717) is 11.6 Å². The van der Waals surface area contributed by atoms with Crippen molar-refractivity contribution in [2.75, 3.05) is 36.9 Å². The summed E-state index contributed by atoms with van der Waals surface area (Å²) in [6.07, 6.45) is 1.17. The maximum absolute atomic E-state index is 12.7. The van der Waals surface area contributed by atoms with Crippen LogP contribution in [0.2, 0.25) is 0 Å². The van der Waals surface area contributed by atoms with Crippen molar-refractivity contribution in [3.63, 3.8) is 0 Å². The molecule has 1 amide bonds. The van der Waals surface area contributed by atoms with Gasteiger partial charge in [0.25, 0.3) is 5.91 Å². The van der Waals surface area contributed by atoms with Gasteiger partial charge in [-0.2, -0.15) is 0 Å². The number of nitrogens with one attached hydrogen (secondary N) is 2. The van der Waals surface area contributed by atoms with Gasteiger partial charge in [0.1, 0.15) is 10.7 Å². The molecule has 0 radical (unpaired) electrons. The molecule has 140 valence electrons. The van der Waals surface area contributed by atoms with E-state index in [1.54, 1.807) is 11.3 Å². The van der Waals surface area contributed by atoms with Crippen LogP contribution < -0.4 is 15.5 Å². The van der Waals surface area contributed by atoms with Crippen molar-refractivity contribution in [3.05, 3.63) is 52.9 Å². The van der Waals surface area contributed by atoms with Gasteiger partial charge in [-0.25, -0.2) is 4.98 Å². The molecule has 1 aliphatic rings. The Kier molecular flexibility index (Phi) is 5.52. The zero-order valence-corrected chi connectivity index (χ0v) is 16.8. The molecule has 1 saturated heterocycles. The number of carbonyl (C=O) groups is 1. The molecule has 3 heterocycles. The first-order valence-corrected chi connectivity index (χ1v) is 10.8. The number of nitrogens with zero attached hydrogens (tertiary/aromatic N) is 2. The van der Waals surface area contributed by atoms with E-state index in [1.807, 2.05) is 48.1 Å². The van der Waals surface area contributed by atoms with Crippen LogP contribution in [0.5, 0.6) is 0 Å². The Balaban J connectivity index is 1.49. The number of carbonyl (C=O) groups excluding carboxylic acids is 1. The predicted octanol–water partition coefficient (Wildman–Crippen LogP) is 4.17. The van der Waals surface area contributed by atoms with Gasteiger partial charge in [-0.05, 0) is 49.5 Å². The molecule has 3 aromatic rings. The second-order valence-corrected chi connectivity index (χ2v) is 8.45. The number of amides is 1. The molecule has 4 rings (SSSR count). The Morgan fingerprint density at radius 1 is 1.26 bits per heavy atom. The zero-order valence-electron chi connectivity index (χ0n) is 15.1. The predicted molar refractivity (Wildman–Crippen MR) is 114 cm³/mol. The number of hydrogen-bond acceptors (Lipinski definition) is 6. The highest BCUT2D eigenvalue weighted by Gasteiger charge is 2.24. The van der Waals surface area contributed by atoms with Crippen LogP contribution in [0.15, 0.2) is 47.2 Å². The van der Waals surface area contributed by atoms with E-state index in [0.717, 1.165) is 40.9 Å². The summed E-state index contributed by atoms with van der Waals surface area (Å²) in [6.45, 7) is 3.04. The van der Waals surface area contributed by atoms with Crippen molar-refractivity contribution >= 4 is 40.0 Å². The van der Waals surface area contributed by atoms with Crippen molar-refractivity contribution in [1.82, 2.24) is 10.3 Å². The third kappa shape index (κ3) is 4.05. The van der Waals surface area contributed by atoms with Crippen LogP contribution in [0.1, 0.15) is 16.9 Å². The summed E-state index contributed by atoms with van der Waals surface area (Å²) in [7, 11) is 2.00. The van der Waals surface area contributed by atoms with Gasteiger partial charge in [0.15, 0.2) is 0 Å². The van der Waals surface area contributed by atoms with Crippen molar-refractivity contribution in [2.24, 2.45) is 5.92 Å². The molecule has 1 unspecified atom stereocenters. The number of thiazole rings is 1. The Morgan fingerprint density at radius 3 is 2.96 bits per heavy atom. The van der Waals surface area contributed by atoms with E-state index in [1.165, 1.54) is 17.8 Å². The summed E-state index contributed by atoms with van der Waals surface area (Å²) in [4.78, 5) is 20.7. The van der Waals surface area contributed by atoms with Gasteiger partial charge in [-0.3, -0.25) is 4.79 Å². The molecule has 7 heteroatoms. The van der Waals surface area contributed by atoms with Crippen LogP contribution in [0, 0.1) is 5.92 Å². The number of para-hydroxylation sites is 2. The molecule has 27 heavy (non-hydrogen) atoms. The highest BCUT2D eigenvalue weighted by Crippen LogP contribution is 2.32. The average Bonchev–Trinajstić information content (AvgIpc) is 3.43. The van der Waals surface area contributed by atoms with Crippen molar-refractivity contribution in [2.45, 2.75) is 6.42 Å². The van der Waals surface area contributed by atoms with E-state index < -0.39 is 0 Å². The number of rotatable bonds is 6. The topological polar surface area (TPSA) is 57.3 Å². The minimum absolute atomic E-state index is 0.160. The summed E-state index contributed by atoms with van der Waals surface area (Å²) < 4.78 is 0. The second-order valence-electron chi connectivity index (χ2n) is 6.64. The molecule has 0 spiro atoms. The summed E-state index contributed by atoms with van der Waals surface area (Å²) in [5.41, 5.74) is 2.39. The van der Waals surface area contributed by atoms with E-state index >= 15 is 0 Å². The van der Waals surface area contributed by atoms with Gasteiger partial charge in [-0.15, -0.1) is 22.7 Å². The van der Waals surface area contributed by atoms with Crippen LogP contribution in [0.4, 0.5) is 11.4 Å². The normalized spacial score (nSPS) is 16.6. The van der Waals surface area contributed by atoms with Gasteiger partial charge in [0, 0.05) is 18.5 Å². The highest BCUT2D eigenvalue weighted by molar-refractivity contribution is 7.20. The third-order valence-corrected chi connectivity index (χ3v) is 6.62. The van der Waals surface area contributed by atoms with Gasteiger partial charge in [-0.1, -0.05) is 18.2 Å². The van der Waals surface area contributed by atoms with Gasteiger partial charge >= 0.3 is 0 Å². The maximum atomic E-state index is 12.7. The summed E-state index contributed by atoms with van der Waals surface area (Å²) in [5.74, 6) is 0.484. The average molecular weight is 399 g/mol. The Labute approximate surface area is 167 Å². The molecular weight excluding hydrogens is 376 g/mol. The largest absolute Gasteiger partial charge is 0.370 e. The van der Waals surface area contributed by atoms with Crippen LogP contribution in [-0.4, -0.2) is 37.6 Å². The fourth-order valence-electron chi connectivity index (χ4n) is 3.44. The van der Waals surface area contributed by atoms with Crippen LogP contribution in [-0.2, 0) is 0 Å². The smallest absolute Gasteiger partial charge is 0.275 e. The fraction of sp³-hybridized carbons (Fsp3) is 0.300. The van der Waals surface area contributed by atoms with Crippen LogP contribution in [0.25, 0.3) is 9.88 Å². The van der Waals surface area contributed by atoms with Gasteiger partial charge in [0.2, 0.25) is 0 Å². The minimum atomic E-state index is -0.160. The lowest BCUT2D eigenvalue weighted by atomic mass is 10.1. The number of thiophene rings is 1. The van der Waals surface area contributed by atoms with Crippen molar-refractivity contribution in [1.29, 1.82) is 0 Å². The van der Waals surface area contributed by atoms with E-state index in [-0.39, 0.29) is 5.91 Å². The van der Waals surface area contributed by atoms with E-state index in [4.69, 9.17) is 0 Å². The fourth-order valence-corrected chi connectivity index (χ4v) is 5.05. The summed E-state index contributed by atoms with van der Waals surface area (Å²) >= 11 is 3.14. The van der Waals surface area contributed by atoms with Gasteiger partial charge < -0.3 is 15.5 Å². The molecule has 0 saturated carbocycles. The maximum Gasteiger partial charge on any atom is 0.275 e. The first-order chi connectivity index (χ1) is 13.2. The first kappa shape index (κ1) is 18.2. The highest BCUT2D eigenvalue weighted by atomic mass is 32.1.